The van der Waals surface area contributed by atoms with Crippen LogP contribution in [-0.2, 0) is 35.2 Å². The van der Waals surface area contributed by atoms with Gasteiger partial charge in [-0.2, -0.15) is 0 Å². The number of rotatable bonds is 23. The summed E-state index contributed by atoms with van der Waals surface area (Å²) in [5.74, 6) is -1.68. The quantitative estimate of drug-likeness (QED) is 0.0451. The maximum Gasteiger partial charge on any atom is 0.312 e. The van der Waals surface area contributed by atoms with E-state index in [0.29, 0.717) is 44.1 Å². The third kappa shape index (κ3) is 17.6. The molecule has 0 bridgehead atoms. The smallest absolute Gasteiger partial charge is 0.312 e. The van der Waals surface area contributed by atoms with Crippen LogP contribution in [0.3, 0.4) is 0 Å². The van der Waals surface area contributed by atoms with E-state index in [0.717, 1.165) is 0 Å². The Kier molecular flexibility index (Phi) is 19.5. The molecular formula is C27H44N8O8. The highest BCUT2D eigenvalue weighted by Gasteiger charge is 2.28. The van der Waals surface area contributed by atoms with Crippen molar-refractivity contribution in [2.45, 2.75) is 51.8 Å². The lowest BCUT2D eigenvalue weighted by Crippen LogP contribution is -2.54. The Morgan fingerprint density at radius 1 is 0.953 bits per heavy atom. The van der Waals surface area contributed by atoms with Crippen LogP contribution in [0.4, 0.5) is 10.5 Å². The molecule has 0 heterocycles. The van der Waals surface area contributed by atoms with E-state index in [9.17, 15) is 24.3 Å². The lowest BCUT2D eigenvalue weighted by Gasteiger charge is -2.25. The van der Waals surface area contributed by atoms with Crippen LogP contribution < -0.4 is 27.0 Å². The van der Waals surface area contributed by atoms with Gasteiger partial charge in [0.25, 0.3) is 0 Å². The molecule has 16 nitrogen and oxygen atoms in total. The summed E-state index contributed by atoms with van der Waals surface area (Å²) in [5, 5.41) is 23.2. The summed E-state index contributed by atoms with van der Waals surface area (Å²) < 4.78 is 16.0. The fourth-order valence-electron chi connectivity index (χ4n) is 3.61. The Morgan fingerprint density at radius 2 is 1.58 bits per heavy atom. The van der Waals surface area contributed by atoms with Crippen LogP contribution in [0, 0.1) is 5.92 Å². The zero-order valence-corrected chi connectivity index (χ0v) is 24.8. The number of hydrogen-bond donors (Lipinski definition) is 6. The number of primary amides is 1. The minimum Gasteiger partial charge on any atom is -0.392 e. The van der Waals surface area contributed by atoms with Gasteiger partial charge in [-0.1, -0.05) is 31.1 Å². The fourth-order valence-corrected chi connectivity index (χ4v) is 3.61. The van der Waals surface area contributed by atoms with Gasteiger partial charge in [0.05, 0.1) is 46.2 Å². The van der Waals surface area contributed by atoms with Gasteiger partial charge in [0, 0.05) is 30.1 Å². The normalized spacial score (nSPS) is 12.1. The van der Waals surface area contributed by atoms with E-state index in [4.69, 9.17) is 25.5 Å². The minimum atomic E-state index is -0.961. The molecule has 0 radical (unpaired) electrons. The molecular weight excluding hydrogens is 564 g/mol. The van der Waals surface area contributed by atoms with Crippen molar-refractivity contribution in [1.82, 2.24) is 16.0 Å². The van der Waals surface area contributed by atoms with Crippen molar-refractivity contribution in [3.63, 3.8) is 0 Å². The first-order valence-electron chi connectivity index (χ1n) is 14.1. The topological polar surface area (TPSA) is 239 Å². The number of nitrogens with one attached hydrogen (secondary N) is 4. The van der Waals surface area contributed by atoms with Crippen molar-refractivity contribution < 1.29 is 38.5 Å². The van der Waals surface area contributed by atoms with Gasteiger partial charge in [0.2, 0.25) is 17.7 Å². The minimum absolute atomic E-state index is 0.0194. The molecule has 43 heavy (non-hydrogen) atoms. The zero-order valence-electron chi connectivity index (χ0n) is 24.8. The molecule has 0 aromatic heterocycles. The number of aliphatic hydroxyl groups is 1. The second-order valence-electron chi connectivity index (χ2n) is 9.67. The van der Waals surface area contributed by atoms with Gasteiger partial charge in [-0.3, -0.25) is 14.4 Å². The summed E-state index contributed by atoms with van der Waals surface area (Å²) in [5.41, 5.74) is 14.4. The van der Waals surface area contributed by atoms with Crippen LogP contribution in [0.25, 0.3) is 10.4 Å². The van der Waals surface area contributed by atoms with E-state index in [2.05, 4.69) is 31.3 Å². The van der Waals surface area contributed by atoms with Crippen molar-refractivity contribution in [3.8, 4) is 0 Å². The second-order valence-corrected chi connectivity index (χ2v) is 9.67. The average Bonchev–Trinajstić information content (AvgIpc) is 2.97. The molecule has 16 heteroatoms. The third-order valence-corrected chi connectivity index (χ3v) is 5.89. The molecule has 7 N–H and O–H groups in total. The highest BCUT2D eigenvalue weighted by atomic mass is 16.5. The molecule has 0 saturated carbocycles. The van der Waals surface area contributed by atoms with Crippen molar-refractivity contribution >= 4 is 29.4 Å². The standard InChI is InChI=1S/C27H44N8O8/c1-19(2)24(34-23(37)9-12-41-14-16-43-17-15-42-13-11-31-35-29)26(39)33-22(4-3-10-30-27(28)40)25(38)32-21-7-5-20(18-36)6-8-21/h5-8,19,22,24,36H,3-4,9-18H2,1-2H3,(H,32,38)(H,33,39)(H,34,37)(H3,28,30,40)/t22-,24-/m0/s1. The molecule has 2 atom stereocenters. The Bertz CT molecular complexity index is 1030. The predicted octanol–water partition coefficient (Wildman–Crippen LogP) is 0.942. The number of urea groups is 1. The molecule has 0 aliphatic rings. The lowest BCUT2D eigenvalue weighted by molar-refractivity contribution is -0.132. The number of carbonyl (C=O) groups is 4. The van der Waals surface area contributed by atoms with E-state index in [1.54, 1.807) is 38.1 Å². The Hall–Kier alpha value is -3.95. The molecule has 0 fully saturated rings. The number of azide groups is 1. The highest BCUT2D eigenvalue weighted by molar-refractivity contribution is 5.98. The summed E-state index contributed by atoms with van der Waals surface area (Å²) in [6.45, 7) is 5.59. The Labute approximate surface area is 251 Å². The Morgan fingerprint density at radius 3 is 2.16 bits per heavy atom. The molecule has 0 saturated heterocycles. The summed E-state index contributed by atoms with van der Waals surface area (Å²) >= 11 is 0. The van der Waals surface area contributed by atoms with Crippen LogP contribution in [-0.4, -0.2) is 93.7 Å². The van der Waals surface area contributed by atoms with E-state index >= 15 is 0 Å². The number of amides is 5. The van der Waals surface area contributed by atoms with E-state index in [-0.39, 0.29) is 57.6 Å². The van der Waals surface area contributed by atoms with E-state index in [1.807, 2.05) is 0 Å². The van der Waals surface area contributed by atoms with Gasteiger partial charge < -0.3 is 46.3 Å². The van der Waals surface area contributed by atoms with Crippen LogP contribution in [0.1, 0.15) is 38.7 Å². The lowest BCUT2D eigenvalue weighted by atomic mass is 10.0. The van der Waals surface area contributed by atoms with Crippen molar-refractivity contribution in [3.05, 3.63) is 40.3 Å². The highest BCUT2D eigenvalue weighted by Crippen LogP contribution is 2.12. The first-order chi connectivity index (χ1) is 20.7. The van der Waals surface area contributed by atoms with Crippen LogP contribution >= 0.6 is 0 Å². The van der Waals surface area contributed by atoms with Crippen LogP contribution in [0.15, 0.2) is 29.4 Å². The summed E-state index contributed by atoms with van der Waals surface area (Å²) in [4.78, 5) is 52.4. The molecule has 1 aromatic carbocycles. The molecule has 240 valence electrons. The van der Waals surface area contributed by atoms with Crippen molar-refractivity contribution in [2.75, 3.05) is 58.0 Å². The molecule has 0 spiro atoms. The van der Waals surface area contributed by atoms with Crippen molar-refractivity contribution in [2.24, 2.45) is 16.8 Å². The molecule has 5 amide bonds. The van der Waals surface area contributed by atoms with Crippen LogP contribution in [0.5, 0.6) is 0 Å². The molecule has 1 rings (SSSR count). The average molecular weight is 609 g/mol. The maximum atomic E-state index is 13.2. The summed E-state index contributed by atoms with van der Waals surface area (Å²) in [7, 11) is 0. The second kappa shape index (κ2) is 22.6. The predicted molar refractivity (Wildman–Crippen MR) is 158 cm³/mol. The van der Waals surface area contributed by atoms with Gasteiger partial charge in [-0.15, -0.1) is 0 Å². The largest absolute Gasteiger partial charge is 0.392 e. The number of aliphatic hydroxyl groups excluding tert-OH is 1. The fraction of sp³-hybridized carbons (Fsp3) is 0.630. The van der Waals surface area contributed by atoms with Gasteiger partial charge in [-0.05, 0) is 42.0 Å². The number of nitrogens with zero attached hydrogens (tertiary/aromatic N) is 3. The molecule has 1 aromatic rings. The number of ether oxygens (including phenoxy) is 3. The molecule has 0 aliphatic heterocycles. The van der Waals surface area contributed by atoms with Gasteiger partial charge in [-0.25, -0.2) is 4.79 Å². The first-order valence-corrected chi connectivity index (χ1v) is 14.1. The number of hydrogen-bond acceptors (Lipinski definition) is 9. The molecule has 0 aliphatic carbocycles. The number of anilines is 1. The number of nitrogens with two attached hydrogens (primary N) is 1. The number of benzene rings is 1. The number of carbonyl (C=O) groups excluding carboxylic acids is 4. The van der Waals surface area contributed by atoms with Gasteiger partial charge in [0.1, 0.15) is 12.1 Å². The summed E-state index contributed by atoms with van der Waals surface area (Å²) in [6, 6.07) is 4.03. The monoisotopic (exact) mass is 608 g/mol. The Balaban J connectivity index is 2.56. The SMILES string of the molecule is CC(C)[C@H](NC(=O)CCOCCOCCOCCN=[N+]=[N-])C(=O)N[C@@H](CCCNC(N)=O)C(=O)Nc1ccc(CO)cc1. The molecule has 0 unspecified atom stereocenters. The van der Waals surface area contributed by atoms with E-state index < -0.39 is 29.9 Å². The zero-order chi connectivity index (χ0) is 31.9. The van der Waals surface area contributed by atoms with Gasteiger partial charge in [0.15, 0.2) is 0 Å². The maximum absolute atomic E-state index is 13.2. The third-order valence-electron chi connectivity index (χ3n) is 5.89. The summed E-state index contributed by atoms with van der Waals surface area (Å²) in [6.07, 6.45) is 0.573. The first kappa shape index (κ1) is 37.1. The van der Waals surface area contributed by atoms with Gasteiger partial charge >= 0.3 is 6.03 Å². The van der Waals surface area contributed by atoms with Crippen molar-refractivity contribution in [1.29, 1.82) is 0 Å². The van der Waals surface area contributed by atoms with Crippen LogP contribution in [0.2, 0.25) is 0 Å². The van der Waals surface area contributed by atoms with E-state index in [1.165, 1.54) is 0 Å².